The topological polar surface area (TPSA) is 96.5 Å². The maximum absolute atomic E-state index is 12.4. The second kappa shape index (κ2) is 8.12. The van der Waals surface area contributed by atoms with Crippen LogP contribution in [0.1, 0.15) is 29.2 Å². The molecule has 158 valence electrons. The zero-order valence-electron chi connectivity index (χ0n) is 16.9. The van der Waals surface area contributed by atoms with Gasteiger partial charge in [0.05, 0.1) is 25.0 Å². The Morgan fingerprint density at radius 3 is 2.87 bits per heavy atom. The number of rotatable bonds is 6. The fraction of sp³-hybridized carbons (Fsp3) is 0.455. The van der Waals surface area contributed by atoms with Gasteiger partial charge in [-0.05, 0) is 55.0 Å². The second-order valence-electron chi connectivity index (χ2n) is 8.25. The summed E-state index contributed by atoms with van der Waals surface area (Å²) in [5.74, 6) is 3.01. The van der Waals surface area contributed by atoms with Crippen LogP contribution in [0.5, 0.6) is 0 Å². The molecule has 30 heavy (non-hydrogen) atoms. The molecule has 1 saturated carbocycles. The molecule has 0 aromatic carbocycles. The van der Waals surface area contributed by atoms with Crippen LogP contribution in [-0.4, -0.2) is 53.3 Å². The number of aromatic nitrogens is 2. The number of fused-ring (bicyclic) bond motifs is 1. The highest BCUT2D eigenvalue weighted by molar-refractivity contribution is 5.91. The number of aromatic amines is 1. The number of nitrogens with zero attached hydrogens (tertiary/aromatic N) is 2. The van der Waals surface area contributed by atoms with Crippen molar-refractivity contribution in [1.29, 1.82) is 0 Å². The van der Waals surface area contributed by atoms with Gasteiger partial charge >= 0.3 is 0 Å². The lowest BCUT2D eigenvalue weighted by Crippen LogP contribution is -2.50. The standard InChI is InChI=1S/C22H26N4O4/c1-28-21-10-15-12-26(13-16-4-5-19(30-16)17-6-7-23-25-17)11-14(15)9-18(21)24-22(27)20-3-2-8-29-20/h2-8,14-15,18,21H,9-13H2,1H3,(H,23,25)(H,24,27)/t14-,15+,18-,21-/m0/s1. The first-order valence-corrected chi connectivity index (χ1v) is 10.4. The fourth-order valence-corrected chi connectivity index (χ4v) is 4.92. The van der Waals surface area contributed by atoms with Crippen LogP contribution in [0, 0.1) is 11.8 Å². The van der Waals surface area contributed by atoms with Crippen molar-refractivity contribution >= 4 is 5.91 Å². The SMILES string of the molecule is CO[C@H]1C[C@@H]2CN(Cc3ccc(-c4ccn[nH]4)o3)C[C@@H]2C[C@@H]1NC(=O)c1ccco1. The first kappa shape index (κ1) is 19.1. The Kier molecular flexibility index (Phi) is 5.18. The van der Waals surface area contributed by atoms with E-state index in [0.717, 1.165) is 49.7 Å². The molecular formula is C22H26N4O4. The number of amides is 1. The van der Waals surface area contributed by atoms with Crippen LogP contribution in [0.3, 0.4) is 0 Å². The van der Waals surface area contributed by atoms with Gasteiger partial charge in [-0.2, -0.15) is 5.10 Å². The van der Waals surface area contributed by atoms with E-state index < -0.39 is 0 Å². The highest BCUT2D eigenvalue weighted by atomic mass is 16.5. The van der Waals surface area contributed by atoms with Crippen molar-refractivity contribution in [2.24, 2.45) is 11.8 Å². The lowest BCUT2D eigenvalue weighted by Gasteiger charge is -2.37. The predicted molar refractivity (Wildman–Crippen MR) is 109 cm³/mol. The molecule has 1 saturated heterocycles. The zero-order valence-corrected chi connectivity index (χ0v) is 16.9. The zero-order chi connectivity index (χ0) is 20.5. The minimum Gasteiger partial charge on any atom is -0.459 e. The fourth-order valence-electron chi connectivity index (χ4n) is 4.92. The minimum absolute atomic E-state index is 0.00982. The number of hydrogen-bond acceptors (Lipinski definition) is 6. The number of likely N-dealkylation sites (tertiary alicyclic amines) is 1. The lowest BCUT2D eigenvalue weighted by atomic mass is 9.77. The van der Waals surface area contributed by atoms with Gasteiger partial charge in [0.1, 0.15) is 11.5 Å². The van der Waals surface area contributed by atoms with E-state index in [9.17, 15) is 4.79 Å². The molecule has 5 rings (SSSR count). The largest absolute Gasteiger partial charge is 0.459 e. The van der Waals surface area contributed by atoms with Crippen LogP contribution in [0.2, 0.25) is 0 Å². The third-order valence-electron chi connectivity index (χ3n) is 6.36. The van der Waals surface area contributed by atoms with Crippen molar-refractivity contribution in [3.05, 3.63) is 54.3 Å². The number of hydrogen-bond donors (Lipinski definition) is 2. The molecular weight excluding hydrogens is 384 g/mol. The van der Waals surface area contributed by atoms with Crippen LogP contribution in [0.4, 0.5) is 0 Å². The minimum atomic E-state index is -0.178. The normalized spacial score (nSPS) is 26.6. The molecule has 1 amide bonds. The molecule has 0 spiro atoms. The summed E-state index contributed by atoms with van der Waals surface area (Å²) in [6.45, 7) is 2.79. The van der Waals surface area contributed by atoms with Crippen molar-refractivity contribution in [1.82, 2.24) is 20.4 Å². The number of carbonyl (C=O) groups excluding carboxylic acids is 1. The molecule has 1 aliphatic carbocycles. The van der Waals surface area contributed by atoms with Gasteiger partial charge in [0.25, 0.3) is 5.91 Å². The van der Waals surface area contributed by atoms with Gasteiger partial charge in [-0.25, -0.2) is 0 Å². The van der Waals surface area contributed by atoms with Crippen LogP contribution in [0.15, 0.2) is 51.6 Å². The predicted octanol–water partition coefficient (Wildman–Crippen LogP) is 2.92. The van der Waals surface area contributed by atoms with Crippen molar-refractivity contribution in [2.75, 3.05) is 20.2 Å². The Hall–Kier alpha value is -2.84. The summed E-state index contributed by atoms with van der Waals surface area (Å²) in [6.07, 6.45) is 5.10. The van der Waals surface area contributed by atoms with Gasteiger partial charge in [0.2, 0.25) is 0 Å². The molecule has 8 nitrogen and oxygen atoms in total. The number of methoxy groups -OCH3 is 1. The Bertz CT molecular complexity index is 965. The first-order chi connectivity index (χ1) is 14.7. The summed E-state index contributed by atoms with van der Waals surface area (Å²) in [4.78, 5) is 14.9. The van der Waals surface area contributed by atoms with Gasteiger partial charge in [-0.3, -0.25) is 14.8 Å². The smallest absolute Gasteiger partial charge is 0.287 e. The van der Waals surface area contributed by atoms with Crippen molar-refractivity contribution in [3.8, 4) is 11.5 Å². The van der Waals surface area contributed by atoms with E-state index in [1.807, 2.05) is 18.2 Å². The Morgan fingerprint density at radius 2 is 2.13 bits per heavy atom. The second-order valence-corrected chi connectivity index (χ2v) is 8.25. The Morgan fingerprint density at radius 1 is 1.27 bits per heavy atom. The van der Waals surface area contributed by atoms with Crippen LogP contribution < -0.4 is 5.32 Å². The van der Waals surface area contributed by atoms with E-state index in [1.54, 1.807) is 25.4 Å². The van der Waals surface area contributed by atoms with Crippen LogP contribution in [-0.2, 0) is 11.3 Å². The molecule has 8 heteroatoms. The highest BCUT2D eigenvalue weighted by Gasteiger charge is 2.43. The third-order valence-corrected chi connectivity index (χ3v) is 6.36. The van der Waals surface area contributed by atoms with Crippen LogP contribution in [0.25, 0.3) is 11.5 Å². The summed E-state index contributed by atoms with van der Waals surface area (Å²) < 4.78 is 17.0. The Labute approximate surface area is 174 Å². The molecule has 2 N–H and O–H groups in total. The molecule has 3 aromatic heterocycles. The average Bonchev–Trinajstić information content (AvgIpc) is 3.54. The van der Waals surface area contributed by atoms with E-state index in [0.29, 0.717) is 17.6 Å². The van der Waals surface area contributed by atoms with Gasteiger partial charge < -0.3 is 18.9 Å². The number of carbonyl (C=O) groups is 1. The molecule has 0 bridgehead atoms. The molecule has 0 unspecified atom stereocenters. The average molecular weight is 410 g/mol. The van der Waals surface area contributed by atoms with E-state index in [1.165, 1.54) is 6.26 Å². The quantitative estimate of drug-likeness (QED) is 0.649. The summed E-state index contributed by atoms with van der Waals surface area (Å²) in [6, 6.07) is 9.30. The van der Waals surface area contributed by atoms with E-state index in [-0.39, 0.29) is 18.1 Å². The molecule has 0 radical (unpaired) electrons. The monoisotopic (exact) mass is 410 g/mol. The molecule has 2 fully saturated rings. The number of furan rings is 2. The summed E-state index contributed by atoms with van der Waals surface area (Å²) in [7, 11) is 1.73. The molecule has 1 aliphatic heterocycles. The van der Waals surface area contributed by atoms with E-state index >= 15 is 0 Å². The van der Waals surface area contributed by atoms with Crippen LogP contribution >= 0.6 is 0 Å². The van der Waals surface area contributed by atoms with E-state index in [2.05, 4.69) is 20.4 Å². The van der Waals surface area contributed by atoms with Gasteiger partial charge in [0.15, 0.2) is 11.5 Å². The molecule has 2 aliphatic rings. The first-order valence-electron chi connectivity index (χ1n) is 10.4. The van der Waals surface area contributed by atoms with Crippen molar-refractivity contribution < 1.29 is 18.4 Å². The van der Waals surface area contributed by atoms with Gasteiger partial charge in [-0.15, -0.1) is 0 Å². The number of ether oxygens (including phenoxy) is 1. The summed E-state index contributed by atoms with van der Waals surface area (Å²) in [5.41, 5.74) is 0.884. The third kappa shape index (κ3) is 3.80. The summed E-state index contributed by atoms with van der Waals surface area (Å²) in [5, 5.41) is 10.0. The maximum atomic E-state index is 12.4. The molecule has 4 atom stereocenters. The molecule has 4 heterocycles. The Balaban J connectivity index is 1.21. The summed E-state index contributed by atoms with van der Waals surface area (Å²) >= 11 is 0. The van der Waals surface area contributed by atoms with Crippen molar-refractivity contribution in [3.63, 3.8) is 0 Å². The molecule has 3 aromatic rings. The van der Waals surface area contributed by atoms with Crippen molar-refractivity contribution in [2.45, 2.75) is 31.5 Å². The highest BCUT2D eigenvalue weighted by Crippen LogP contribution is 2.38. The maximum Gasteiger partial charge on any atom is 0.287 e. The van der Waals surface area contributed by atoms with Gasteiger partial charge in [0, 0.05) is 26.4 Å². The number of nitrogens with one attached hydrogen (secondary N) is 2. The lowest BCUT2D eigenvalue weighted by molar-refractivity contribution is 0.0121. The number of H-pyrrole nitrogens is 1. The van der Waals surface area contributed by atoms with Gasteiger partial charge in [-0.1, -0.05) is 0 Å². The van der Waals surface area contributed by atoms with E-state index in [4.69, 9.17) is 13.6 Å².